The lowest BCUT2D eigenvalue weighted by Gasteiger charge is -2.30. The molecular formula is C17H25N3O2. The highest BCUT2D eigenvalue weighted by molar-refractivity contribution is 5.96. The predicted octanol–water partition coefficient (Wildman–Crippen LogP) is 2.44. The van der Waals surface area contributed by atoms with Gasteiger partial charge in [0.25, 0.3) is 11.8 Å². The van der Waals surface area contributed by atoms with Crippen LogP contribution in [0.25, 0.3) is 0 Å². The molecule has 0 aliphatic carbocycles. The monoisotopic (exact) mass is 303 g/mol. The van der Waals surface area contributed by atoms with E-state index in [9.17, 15) is 9.59 Å². The number of aromatic nitrogens is 1. The molecule has 5 heteroatoms. The number of pyridine rings is 1. The molecule has 1 aromatic rings. The van der Waals surface area contributed by atoms with E-state index in [1.54, 1.807) is 23.1 Å². The van der Waals surface area contributed by atoms with E-state index in [1.807, 2.05) is 18.7 Å². The highest BCUT2D eigenvalue weighted by Gasteiger charge is 2.24. The second-order valence-corrected chi connectivity index (χ2v) is 5.88. The Balaban J connectivity index is 2.17. The first-order valence-electron chi connectivity index (χ1n) is 8.12. The van der Waals surface area contributed by atoms with E-state index in [0.29, 0.717) is 30.4 Å². The van der Waals surface area contributed by atoms with Crippen LogP contribution in [0.5, 0.6) is 0 Å². The number of carbonyl (C=O) groups is 2. The minimum Gasteiger partial charge on any atom is -0.338 e. The Hall–Kier alpha value is -1.91. The normalized spacial score (nSPS) is 18.1. The van der Waals surface area contributed by atoms with E-state index >= 15 is 0 Å². The molecule has 0 aromatic carbocycles. The second-order valence-electron chi connectivity index (χ2n) is 5.88. The standard InChI is InChI=1S/C17H25N3O2/c1-4-19(5-2)16(21)14-9-6-10-15(18-14)17(22)20-11-7-8-13(3)12-20/h6,9-10,13H,4-5,7-8,11-12H2,1-3H3. The maximum absolute atomic E-state index is 12.6. The molecule has 120 valence electrons. The lowest BCUT2D eigenvalue weighted by Crippen LogP contribution is -2.39. The van der Waals surface area contributed by atoms with E-state index in [0.717, 1.165) is 25.9 Å². The molecular weight excluding hydrogens is 278 g/mol. The molecule has 1 unspecified atom stereocenters. The lowest BCUT2D eigenvalue weighted by molar-refractivity contribution is 0.0676. The zero-order valence-corrected chi connectivity index (χ0v) is 13.7. The summed E-state index contributed by atoms with van der Waals surface area (Å²) >= 11 is 0. The first-order valence-corrected chi connectivity index (χ1v) is 8.12. The SMILES string of the molecule is CCN(CC)C(=O)c1cccc(C(=O)N2CCCC(C)C2)n1. The van der Waals surface area contributed by atoms with E-state index < -0.39 is 0 Å². The van der Waals surface area contributed by atoms with Gasteiger partial charge in [-0.25, -0.2) is 4.98 Å². The number of amides is 2. The van der Waals surface area contributed by atoms with Crippen molar-refractivity contribution < 1.29 is 9.59 Å². The van der Waals surface area contributed by atoms with Crippen LogP contribution in [0, 0.1) is 5.92 Å². The van der Waals surface area contributed by atoms with Crippen LogP contribution in [-0.4, -0.2) is 52.8 Å². The van der Waals surface area contributed by atoms with Gasteiger partial charge in [0.2, 0.25) is 0 Å². The molecule has 0 saturated carbocycles. The van der Waals surface area contributed by atoms with Gasteiger partial charge >= 0.3 is 0 Å². The second kappa shape index (κ2) is 7.38. The summed E-state index contributed by atoms with van der Waals surface area (Å²) in [6, 6.07) is 5.11. The minimum atomic E-state index is -0.119. The molecule has 22 heavy (non-hydrogen) atoms. The third-order valence-corrected chi connectivity index (χ3v) is 4.18. The molecule has 0 spiro atoms. The number of hydrogen-bond acceptors (Lipinski definition) is 3. The molecule has 0 bridgehead atoms. The molecule has 1 atom stereocenters. The Morgan fingerprint density at radius 1 is 1.27 bits per heavy atom. The largest absolute Gasteiger partial charge is 0.338 e. The summed E-state index contributed by atoms with van der Waals surface area (Å²) < 4.78 is 0. The summed E-state index contributed by atoms with van der Waals surface area (Å²) in [6.07, 6.45) is 2.20. The van der Waals surface area contributed by atoms with Crippen molar-refractivity contribution in [3.8, 4) is 0 Å². The molecule has 5 nitrogen and oxygen atoms in total. The molecule has 2 heterocycles. The first-order chi connectivity index (χ1) is 10.6. The van der Waals surface area contributed by atoms with Crippen LogP contribution in [0.15, 0.2) is 18.2 Å². The zero-order valence-electron chi connectivity index (χ0n) is 13.7. The fourth-order valence-corrected chi connectivity index (χ4v) is 2.88. The fourth-order valence-electron chi connectivity index (χ4n) is 2.88. The number of carbonyl (C=O) groups excluding carboxylic acids is 2. The van der Waals surface area contributed by atoms with Crippen LogP contribution in [0.3, 0.4) is 0 Å². The molecule has 2 amide bonds. The molecule has 0 N–H and O–H groups in total. The molecule has 1 saturated heterocycles. The predicted molar refractivity (Wildman–Crippen MR) is 85.8 cm³/mol. The molecule has 1 fully saturated rings. The third kappa shape index (κ3) is 3.64. The van der Waals surface area contributed by atoms with Crippen molar-refractivity contribution in [3.63, 3.8) is 0 Å². The molecule has 1 aliphatic heterocycles. The Labute approximate surface area is 132 Å². The quantitative estimate of drug-likeness (QED) is 0.858. The van der Waals surface area contributed by atoms with Crippen LogP contribution in [-0.2, 0) is 0 Å². The summed E-state index contributed by atoms with van der Waals surface area (Å²) in [4.78, 5) is 32.8. The van der Waals surface area contributed by atoms with Gasteiger partial charge in [0.05, 0.1) is 0 Å². The van der Waals surface area contributed by atoms with Crippen LogP contribution < -0.4 is 0 Å². The molecule has 1 aliphatic rings. The van der Waals surface area contributed by atoms with Crippen molar-refractivity contribution >= 4 is 11.8 Å². The van der Waals surface area contributed by atoms with Crippen molar-refractivity contribution in [1.82, 2.24) is 14.8 Å². The topological polar surface area (TPSA) is 53.5 Å². The Kier molecular flexibility index (Phi) is 5.52. The highest BCUT2D eigenvalue weighted by atomic mass is 16.2. The zero-order chi connectivity index (χ0) is 16.1. The molecule has 0 radical (unpaired) electrons. The van der Waals surface area contributed by atoms with Gasteiger partial charge in [-0.2, -0.15) is 0 Å². The maximum Gasteiger partial charge on any atom is 0.272 e. The number of piperidine rings is 1. The van der Waals surface area contributed by atoms with Gasteiger partial charge in [0.15, 0.2) is 0 Å². The summed E-state index contributed by atoms with van der Waals surface area (Å²) in [5, 5.41) is 0. The van der Waals surface area contributed by atoms with Gasteiger partial charge < -0.3 is 9.80 Å². The Bertz CT molecular complexity index is 540. The number of rotatable bonds is 4. The van der Waals surface area contributed by atoms with E-state index in [-0.39, 0.29) is 11.8 Å². The first kappa shape index (κ1) is 16.5. The average molecular weight is 303 g/mol. The molecule has 2 rings (SSSR count). The van der Waals surface area contributed by atoms with Crippen molar-refractivity contribution in [2.75, 3.05) is 26.2 Å². The van der Waals surface area contributed by atoms with Crippen LogP contribution in [0.4, 0.5) is 0 Å². The van der Waals surface area contributed by atoms with Gasteiger partial charge in [-0.05, 0) is 44.7 Å². The maximum atomic E-state index is 12.6. The fraction of sp³-hybridized carbons (Fsp3) is 0.588. The van der Waals surface area contributed by atoms with Gasteiger partial charge in [0.1, 0.15) is 11.4 Å². The lowest BCUT2D eigenvalue weighted by atomic mass is 10.00. The van der Waals surface area contributed by atoms with Crippen molar-refractivity contribution in [2.24, 2.45) is 5.92 Å². The van der Waals surface area contributed by atoms with Gasteiger partial charge in [-0.15, -0.1) is 0 Å². The highest BCUT2D eigenvalue weighted by Crippen LogP contribution is 2.17. The van der Waals surface area contributed by atoms with Gasteiger partial charge in [-0.3, -0.25) is 9.59 Å². The summed E-state index contributed by atoms with van der Waals surface area (Å²) in [5.74, 6) is 0.339. The smallest absolute Gasteiger partial charge is 0.272 e. The Morgan fingerprint density at radius 2 is 1.95 bits per heavy atom. The average Bonchev–Trinajstić information content (AvgIpc) is 2.55. The third-order valence-electron chi connectivity index (χ3n) is 4.18. The summed E-state index contributed by atoms with van der Waals surface area (Å²) in [5.41, 5.74) is 0.715. The number of nitrogens with zero attached hydrogens (tertiary/aromatic N) is 3. The van der Waals surface area contributed by atoms with Crippen molar-refractivity contribution in [1.29, 1.82) is 0 Å². The van der Waals surface area contributed by atoms with E-state index in [1.165, 1.54) is 0 Å². The van der Waals surface area contributed by atoms with Crippen molar-refractivity contribution in [2.45, 2.75) is 33.6 Å². The van der Waals surface area contributed by atoms with E-state index in [2.05, 4.69) is 11.9 Å². The Morgan fingerprint density at radius 3 is 2.59 bits per heavy atom. The van der Waals surface area contributed by atoms with Crippen LogP contribution in [0.2, 0.25) is 0 Å². The van der Waals surface area contributed by atoms with Crippen molar-refractivity contribution in [3.05, 3.63) is 29.6 Å². The van der Waals surface area contributed by atoms with Crippen LogP contribution in [0.1, 0.15) is 54.6 Å². The summed E-state index contributed by atoms with van der Waals surface area (Å²) in [7, 11) is 0. The van der Waals surface area contributed by atoms with E-state index in [4.69, 9.17) is 0 Å². The molecule has 1 aromatic heterocycles. The van der Waals surface area contributed by atoms with Gasteiger partial charge in [-0.1, -0.05) is 13.0 Å². The summed E-state index contributed by atoms with van der Waals surface area (Å²) in [6.45, 7) is 8.86. The number of likely N-dealkylation sites (tertiary alicyclic amines) is 1. The minimum absolute atomic E-state index is 0.0688. The van der Waals surface area contributed by atoms with Gasteiger partial charge in [0, 0.05) is 26.2 Å². The number of hydrogen-bond donors (Lipinski definition) is 0. The van der Waals surface area contributed by atoms with Crippen LogP contribution >= 0.6 is 0 Å².